The maximum absolute atomic E-state index is 12.6. The van der Waals surface area contributed by atoms with E-state index in [9.17, 15) is 9.59 Å². The van der Waals surface area contributed by atoms with E-state index in [2.05, 4.69) is 27.4 Å². The van der Waals surface area contributed by atoms with Crippen LogP contribution in [0, 0.1) is 0 Å². The Bertz CT molecular complexity index is 1370. The Morgan fingerprint density at radius 1 is 1.09 bits per heavy atom. The van der Waals surface area contributed by atoms with Crippen molar-refractivity contribution in [2.45, 2.75) is 24.7 Å². The summed E-state index contributed by atoms with van der Waals surface area (Å²) >= 11 is 7.18. The SMILES string of the molecule is C=CCn1c(SCC(=O)Nc2ccc3ccccc3c2)nnc1[C@@H](C)NC(=O)c1ccc(Cl)cc1. The smallest absolute Gasteiger partial charge is 0.251 e. The molecule has 2 N–H and O–H groups in total. The fourth-order valence-corrected chi connectivity index (χ4v) is 4.45. The molecule has 2 amide bonds. The first-order valence-corrected chi connectivity index (χ1v) is 12.3. The normalized spacial score (nSPS) is 11.7. The van der Waals surface area contributed by atoms with Gasteiger partial charge in [0, 0.05) is 22.8 Å². The highest BCUT2D eigenvalue weighted by molar-refractivity contribution is 7.99. The van der Waals surface area contributed by atoms with Gasteiger partial charge in [0.25, 0.3) is 5.91 Å². The van der Waals surface area contributed by atoms with E-state index in [0.29, 0.717) is 28.1 Å². The number of carbonyl (C=O) groups is 2. The van der Waals surface area contributed by atoms with Crippen molar-refractivity contribution in [2.75, 3.05) is 11.1 Å². The molecule has 0 aliphatic rings. The molecule has 35 heavy (non-hydrogen) atoms. The standard InChI is InChI=1S/C26H24ClN5O2S/c1-3-14-32-24(17(2)28-25(34)19-8-11-21(27)12-9-19)30-31-26(32)35-16-23(33)29-22-13-10-18-6-4-5-7-20(18)15-22/h3-13,15,17H,1,14,16H2,2H3,(H,28,34)(H,29,33)/t17-/m1/s1. The van der Waals surface area contributed by atoms with E-state index >= 15 is 0 Å². The predicted molar refractivity (Wildman–Crippen MR) is 141 cm³/mol. The molecule has 1 heterocycles. The van der Waals surface area contributed by atoms with Crippen molar-refractivity contribution in [3.05, 3.63) is 95.8 Å². The number of benzene rings is 3. The lowest BCUT2D eigenvalue weighted by atomic mass is 10.1. The molecular weight excluding hydrogens is 482 g/mol. The van der Waals surface area contributed by atoms with Gasteiger partial charge in [-0.05, 0) is 54.1 Å². The number of hydrogen-bond donors (Lipinski definition) is 2. The van der Waals surface area contributed by atoms with Crippen LogP contribution in [0.3, 0.4) is 0 Å². The molecule has 1 aromatic heterocycles. The van der Waals surface area contributed by atoms with Gasteiger partial charge in [0.2, 0.25) is 5.91 Å². The van der Waals surface area contributed by atoms with E-state index in [-0.39, 0.29) is 17.6 Å². The summed E-state index contributed by atoms with van der Waals surface area (Å²) in [6.07, 6.45) is 1.72. The number of carbonyl (C=O) groups excluding carboxylic acids is 2. The Morgan fingerprint density at radius 3 is 2.57 bits per heavy atom. The molecular formula is C26H24ClN5O2S. The fraction of sp³-hybridized carbons (Fsp3) is 0.154. The number of fused-ring (bicyclic) bond motifs is 1. The highest BCUT2D eigenvalue weighted by Crippen LogP contribution is 2.23. The van der Waals surface area contributed by atoms with Crippen LogP contribution in [0.4, 0.5) is 5.69 Å². The van der Waals surface area contributed by atoms with E-state index in [0.717, 1.165) is 16.5 Å². The van der Waals surface area contributed by atoms with Crippen molar-refractivity contribution in [1.29, 1.82) is 0 Å². The van der Waals surface area contributed by atoms with Crippen molar-refractivity contribution >= 4 is 51.6 Å². The van der Waals surface area contributed by atoms with Crippen molar-refractivity contribution in [2.24, 2.45) is 0 Å². The van der Waals surface area contributed by atoms with Crippen molar-refractivity contribution in [1.82, 2.24) is 20.1 Å². The number of halogens is 1. The highest BCUT2D eigenvalue weighted by Gasteiger charge is 2.20. The number of nitrogens with zero attached hydrogens (tertiary/aromatic N) is 3. The maximum Gasteiger partial charge on any atom is 0.251 e. The molecule has 0 saturated carbocycles. The van der Waals surface area contributed by atoms with Crippen LogP contribution in [0.5, 0.6) is 0 Å². The monoisotopic (exact) mass is 505 g/mol. The van der Waals surface area contributed by atoms with Gasteiger partial charge < -0.3 is 15.2 Å². The molecule has 0 bridgehead atoms. The molecule has 3 aromatic carbocycles. The third-order valence-electron chi connectivity index (χ3n) is 5.26. The molecule has 4 aromatic rings. The molecule has 0 radical (unpaired) electrons. The minimum atomic E-state index is -0.411. The maximum atomic E-state index is 12.6. The Kier molecular flexibility index (Phi) is 7.84. The van der Waals surface area contributed by atoms with Gasteiger partial charge in [0.15, 0.2) is 11.0 Å². The summed E-state index contributed by atoms with van der Waals surface area (Å²) in [6, 6.07) is 20.0. The van der Waals surface area contributed by atoms with Crippen LogP contribution >= 0.6 is 23.4 Å². The third-order valence-corrected chi connectivity index (χ3v) is 6.48. The van der Waals surface area contributed by atoms with E-state index in [1.165, 1.54) is 11.8 Å². The summed E-state index contributed by atoms with van der Waals surface area (Å²) in [4.78, 5) is 25.2. The molecule has 0 saturated heterocycles. The average Bonchev–Trinajstić information content (AvgIpc) is 3.26. The minimum Gasteiger partial charge on any atom is -0.342 e. The molecule has 7 nitrogen and oxygen atoms in total. The lowest BCUT2D eigenvalue weighted by Gasteiger charge is -2.15. The summed E-state index contributed by atoms with van der Waals surface area (Å²) in [6.45, 7) is 6.08. The lowest BCUT2D eigenvalue weighted by Crippen LogP contribution is -2.28. The molecule has 178 valence electrons. The number of aromatic nitrogens is 3. The van der Waals surface area contributed by atoms with Crippen LogP contribution in [-0.4, -0.2) is 32.3 Å². The van der Waals surface area contributed by atoms with Gasteiger partial charge in [-0.25, -0.2) is 0 Å². The lowest BCUT2D eigenvalue weighted by molar-refractivity contribution is -0.113. The topological polar surface area (TPSA) is 88.9 Å². The second-order valence-electron chi connectivity index (χ2n) is 7.84. The summed E-state index contributed by atoms with van der Waals surface area (Å²) in [7, 11) is 0. The number of rotatable bonds is 9. The van der Waals surface area contributed by atoms with Crippen LogP contribution in [-0.2, 0) is 11.3 Å². The van der Waals surface area contributed by atoms with Crippen molar-refractivity contribution in [3.63, 3.8) is 0 Å². The van der Waals surface area contributed by atoms with E-state index in [4.69, 9.17) is 11.6 Å². The first-order chi connectivity index (χ1) is 16.9. The molecule has 0 unspecified atom stereocenters. The highest BCUT2D eigenvalue weighted by atomic mass is 35.5. The van der Waals surface area contributed by atoms with Gasteiger partial charge in [-0.1, -0.05) is 59.8 Å². The Balaban J connectivity index is 1.40. The van der Waals surface area contributed by atoms with E-state index < -0.39 is 6.04 Å². The zero-order chi connectivity index (χ0) is 24.8. The number of nitrogens with one attached hydrogen (secondary N) is 2. The first kappa shape index (κ1) is 24.5. The summed E-state index contributed by atoms with van der Waals surface area (Å²) in [5, 5.41) is 17.7. The zero-order valence-electron chi connectivity index (χ0n) is 19.1. The second kappa shape index (κ2) is 11.2. The largest absolute Gasteiger partial charge is 0.342 e. The van der Waals surface area contributed by atoms with Crippen LogP contribution < -0.4 is 10.6 Å². The Morgan fingerprint density at radius 2 is 1.83 bits per heavy atom. The summed E-state index contributed by atoms with van der Waals surface area (Å²) in [5.74, 6) is 0.341. The molecule has 0 aliphatic heterocycles. The number of anilines is 1. The van der Waals surface area contributed by atoms with Gasteiger partial charge in [-0.3, -0.25) is 9.59 Å². The van der Waals surface area contributed by atoms with Gasteiger partial charge in [-0.15, -0.1) is 16.8 Å². The third kappa shape index (κ3) is 6.09. The minimum absolute atomic E-state index is 0.149. The molecule has 4 rings (SSSR count). The summed E-state index contributed by atoms with van der Waals surface area (Å²) < 4.78 is 1.84. The molecule has 9 heteroatoms. The van der Waals surface area contributed by atoms with Gasteiger partial charge in [0.1, 0.15) is 0 Å². The van der Waals surface area contributed by atoms with Crippen molar-refractivity contribution in [3.8, 4) is 0 Å². The van der Waals surface area contributed by atoms with Gasteiger partial charge in [0.05, 0.1) is 11.8 Å². The molecule has 0 fully saturated rings. The van der Waals surface area contributed by atoms with Gasteiger partial charge in [-0.2, -0.15) is 0 Å². The zero-order valence-corrected chi connectivity index (χ0v) is 20.6. The quantitative estimate of drug-likeness (QED) is 0.232. The van der Waals surface area contributed by atoms with Crippen LogP contribution in [0.25, 0.3) is 10.8 Å². The summed E-state index contributed by atoms with van der Waals surface area (Å²) in [5.41, 5.74) is 1.23. The Labute approximate surface area is 212 Å². The molecule has 1 atom stereocenters. The number of thioether (sulfide) groups is 1. The number of amides is 2. The number of allylic oxidation sites excluding steroid dienone is 1. The predicted octanol–water partition coefficient (Wildman–Crippen LogP) is 5.49. The first-order valence-electron chi connectivity index (χ1n) is 11.0. The molecule has 0 aliphatic carbocycles. The van der Waals surface area contributed by atoms with Crippen LogP contribution in [0.15, 0.2) is 84.5 Å². The van der Waals surface area contributed by atoms with Crippen LogP contribution in [0.2, 0.25) is 5.02 Å². The van der Waals surface area contributed by atoms with Gasteiger partial charge >= 0.3 is 0 Å². The second-order valence-corrected chi connectivity index (χ2v) is 9.22. The number of hydrogen-bond acceptors (Lipinski definition) is 5. The van der Waals surface area contributed by atoms with E-state index in [1.54, 1.807) is 30.3 Å². The fourth-order valence-electron chi connectivity index (χ4n) is 3.57. The average molecular weight is 506 g/mol. The molecule has 0 spiro atoms. The van der Waals surface area contributed by atoms with E-state index in [1.807, 2.05) is 54.0 Å². The van der Waals surface area contributed by atoms with Crippen molar-refractivity contribution < 1.29 is 9.59 Å². The Hall–Kier alpha value is -3.62. The van der Waals surface area contributed by atoms with Crippen LogP contribution in [0.1, 0.15) is 29.1 Å².